The molecule has 1 rings (SSSR count). The van der Waals surface area contributed by atoms with Crippen molar-refractivity contribution in [1.29, 1.82) is 0 Å². The minimum absolute atomic E-state index is 0. The molecule has 1 aromatic carbocycles. The normalized spacial score (nSPS) is 12.3. The molecule has 0 bridgehead atoms. The molecule has 0 saturated heterocycles. The van der Waals surface area contributed by atoms with Gasteiger partial charge in [-0.05, 0) is 38.1 Å². The average molecular weight is 355 g/mol. The first-order chi connectivity index (χ1) is 9.58. The van der Waals surface area contributed by atoms with Gasteiger partial charge in [0.15, 0.2) is 0 Å². The number of unbranched alkanes of at least 4 members (excludes halogenated alkanes) is 2. The van der Waals surface area contributed by atoms with Crippen molar-refractivity contribution >= 4 is 35.6 Å². The SMILES string of the molecule is CCCCN(CCCC)CC(O)c1ccc(Cl)cc1Cl.Cl. The van der Waals surface area contributed by atoms with E-state index in [0.717, 1.165) is 31.5 Å². The van der Waals surface area contributed by atoms with Crippen LogP contribution in [-0.4, -0.2) is 29.6 Å². The lowest BCUT2D eigenvalue weighted by atomic mass is 10.1. The molecule has 0 radical (unpaired) electrons. The molecule has 0 aliphatic heterocycles. The van der Waals surface area contributed by atoms with Crippen molar-refractivity contribution in [3.8, 4) is 0 Å². The van der Waals surface area contributed by atoms with Crippen LogP contribution in [0.4, 0.5) is 0 Å². The smallest absolute Gasteiger partial charge is 0.0931 e. The third-order valence-electron chi connectivity index (χ3n) is 3.41. The minimum Gasteiger partial charge on any atom is -0.387 e. The van der Waals surface area contributed by atoms with Gasteiger partial charge in [-0.1, -0.05) is 56.0 Å². The van der Waals surface area contributed by atoms with Gasteiger partial charge in [0, 0.05) is 22.2 Å². The van der Waals surface area contributed by atoms with Crippen LogP contribution in [0.25, 0.3) is 0 Å². The zero-order valence-electron chi connectivity index (χ0n) is 12.8. The molecule has 0 saturated carbocycles. The number of aliphatic hydroxyl groups excluding tert-OH is 1. The third kappa shape index (κ3) is 7.71. The van der Waals surface area contributed by atoms with E-state index in [1.807, 2.05) is 6.07 Å². The first kappa shape index (κ1) is 21.0. The highest BCUT2D eigenvalue weighted by Crippen LogP contribution is 2.27. The van der Waals surface area contributed by atoms with Crippen LogP contribution in [0.1, 0.15) is 51.2 Å². The van der Waals surface area contributed by atoms with Crippen molar-refractivity contribution in [1.82, 2.24) is 4.90 Å². The predicted molar refractivity (Wildman–Crippen MR) is 94.9 cm³/mol. The largest absolute Gasteiger partial charge is 0.387 e. The number of halogens is 3. The summed E-state index contributed by atoms with van der Waals surface area (Å²) in [6.07, 6.45) is 4.09. The molecule has 0 spiro atoms. The summed E-state index contributed by atoms with van der Waals surface area (Å²) >= 11 is 12.0. The number of hydrogen-bond acceptors (Lipinski definition) is 2. The number of nitrogens with zero attached hydrogens (tertiary/aromatic N) is 1. The maximum atomic E-state index is 10.4. The van der Waals surface area contributed by atoms with Crippen LogP contribution in [0.3, 0.4) is 0 Å². The Bertz CT molecular complexity index is 393. The summed E-state index contributed by atoms with van der Waals surface area (Å²) in [6, 6.07) is 5.27. The van der Waals surface area contributed by atoms with Crippen molar-refractivity contribution in [3.63, 3.8) is 0 Å². The highest BCUT2D eigenvalue weighted by Gasteiger charge is 2.16. The molecule has 5 heteroatoms. The Labute approximate surface area is 144 Å². The molecular formula is C16H26Cl3NO. The Morgan fingerprint density at radius 1 is 1.10 bits per heavy atom. The Kier molecular flexibility index (Phi) is 11.6. The maximum absolute atomic E-state index is 10.4. The lowest BCUT2D eigenvalue weighted by Gasteiger charge is -2.25. The summed E-state index contributed by atoms with van der Waals surface area (Å²) in [4.78, 5) is 2.32. The molecular weight excluding hydrogens is 329 g/mol. The van der Waals surface area contributed by atoms with Gasteiger partial charge in [0.25, 0.3) is 0 Å². The van der Waals surface area contributed by atoms with Crippen LogP contribution >= 0.6 is 35.6 Å². The zero-order chi connectivity index (χ0) is 15.0. The number of hydrogen-bond donors (Lipinski definition) is 1. The van der Waals surface area contributed by atoms with Gasteiger partial charge in [0.1, 0.15) is 0 Å². The van der Waals surface area contributed by atoms with Crippen LogP contribution in [-0.2, 0) is 0 Å². The number of rotatable bonds is 9. The standard InChI is InChI=1S/C16H25Cl2NO.ClH/c1-3-5-9-19(10-6-4-2)12-16(20)14-8-7-13(17)11-15(14)18;/h7-8,11,16,20H,3-6,9-10,12H2,1-2H3;1H. The van der Waals surface area contributed by atoms with Crippen LogP contribution in [0, 0.1) is 0 Å². The van der Waals surface area contributed by atoms with Crippen LogP contribution < -0.4 is 0 Å². The second-order valence-corrected chi connectivity index (χ2v) is 6.03. The van der Waals surface area contributed by atoms with Crippen molar-refractivity contribution in [2.24, 2.45) is 0 Å². The van der Waals surface area contributed by atoms with Crippen molar-refractivity contribution in [2.45, 2.75) is 45.6 Å². The molecule has 122 valence electrons. The highest BCUT2D eigenvalue weighted by atomic mass is 35.5. The average Bonchev–Trinajstić information content (AvgIpc) is 2.41. The topological polar surface area (TPSA) is 23.5 Å². The molecule has 1 unspecified atom stereocenters. The van der Waals surface area contributed by atoms with E-state index in [2.05, 4.69) is 18.7 Å². The van der Waals surface area contributed by atoms with Crippen molar-refractivity contribution in [3.05, 3.63) is 33.8 Å². The van der Waals surface area contributed by atoms with Crippen LogP contribution in [0.5, 0.6) is 0 Å². The fourth-order valence-electron chi connectivity index (χ4n) is 2.17. The Hall–Kier alpha value is 0.01000. The monoisotopic (exact) mass is 353 g/mol. The molecule has 2 nitrogen and oxygen atoms in total. The summed E-state index contributed by atoms with van der Waals surface area (Å²) in [7, 11) is 0. The fraction of sp³-hybridized carbons (Fsp3) is 0.625. The third-order valence-corrected chi connectivity index (χ3v) is 3.97. The Morgan fingerprint density at radius 3 is 2.14 bits per heavy atom. The summed E-state index contributed by atoms with van der Waals surface area (Å²) in [5.74, 6) is 0. The molecule has 0 aromatic heterocycles. The van der Waals surface area contributed by atoms with Crippen LogP contribution in [0.15, 0.2) is 18.2 Å². The fourth-order valence-corrected chi connectivity index (χ4v) is 2.71. The number of aliphatic hydroxyl groups is 1. The van der Waals surface area contributed by atoms with Gasteiger partial charge in [0.05, 0.1) is 6.10 Å². The van der Waals surface area contributed by atoms with E-state index in [9.17, 15) is 5.11 Å². The first-order valence-corrected chi connectivity index (χ1v) is 8.19. The second-order valence-electron chi connectivity index (χ2n) is 5.19. The molecule has 21 heavy (non-hydrogen) atoms. The summed E-state index contributed by atoms with van der Waals surface area (Å²) in [6.45, 7) is 7.05. The van der Waals surface area contributed by atoms with E-state index in [0.29, 0.717) is 16.6 Å². The maximum Gasteiger partial charge on any atom is 0.0931 e. The van der Waals surface area contributed by atoms with E-state index in [1.165, 1.54) is 12.8 Å². The Morgan fingerprint density at radius 2 is 1.67 bits per heavy atom. The molecule has 1 N–H and O–H groups in total. The second kappa shape index (κ2) is 11.6. The molecule has 1 atom stereocenters. The molecule has 1 aromatic rings. The van der Waals surface area contributed by atoms with Gasteiger partial charge in [-0.15, -0.1) is 12.4 Å². The van der Waals surface area contributed by atoms with Gasteiger partial charge < -0.3 is 10.0 Å². The van der Waals surface area contributed by atoms with Crippen molar-refractivity contribution in [2.75, 3.05) is 19.6 Å². The van der Waals surface area contributed by atoms with E-state index in [-0.39, 0.29) is 12.4 Å². The van der Waals surface area contributed by atoms with E-state index in [1.54, 1.807) is 12.1 Å². The highest BCUT2D eigenvalue weighted by molar-refractivity contribution is 6.35. The van der Waals surface area contributed by atoms with E-state index < -0.39 is 6.10 Å². The summed E-state index contributed by atoms with van der Waals surface area (Å²) in [5.41, 5.74) is 0.758. The molecule has 0 aliphatic rings. The summed E-state index contributed by atoms with van der Waals surface area (Å²) in [5, 5.41) is 11.5. The lowest BCUT2D eigenvalue weighted by molar-refractivity contribution is 0.111. The zero-order valence-corrected chi connectivity index (χ0v) is 15.1. The van der Waals surface area contributed by atoms with Gasteiger partial charge >= 0.3 is 0 Å². The van der Waals surface area contributed by atoms with Gasteiger partial charge in [-0.3, -0.25) is 0 Å². The van der Waals surface area contributed by atoms with E-state index in [4.69, 9.17) is 23.2 Å². The molecule has 0 amide bonds. The number of benzene rings is 1. The lowest BCUT2D eigenvalue weighted by Crippen LogP contribution is -2.30. The van der Waals surface area contributed by atoms with E-state index >= 15 is 0 Å². The minimum atomic E-state index is -0.562. The molecule has 0 heterocycles. The van der Waals surface area contributed by atoms with Gasteiger partial charge in [0.2, 0.25) is 0 Å². The van der Waals surface area contributed by atoms with Gasteiger partial charge in [-0.2, -0.15) is 0 Å². The van der Waals surface area contributed by atoms with Crippen LogP contribution in [0.2, 0.25) is 10.0 Å². The Balaban J connectivity index is 0.00000400. The van der Waals surface area contributed by atoms with Gasteiger partial charge in [-0.25, -0.2) is 0 Å². The molecule has 0 fully saturated rings. The summed E-state index contributed by atoms with van der Waals surface area (Å²) < 4.78 is 0. The molecule has 0 aliphatic carbocycles. The quantitative estimate of drug-likeness (QED) is 0.646. The van der Waals surface area contributed by atoms with Crippen molar-refractivity contribution < 1.29 is 5.11 Å². The predicted octanol–water partition coefficient (Wildman–Crippen LogP) is 5.35. The first-order valence-electron chi connectivity index (χ1n) is 7.43.